The predicted octanol–water partition coefficient (Wildman–Crippen LogP) is 1.63. The van der Waals surface area contributed by atoms with E-state index in [2.05, 4.69) is 44.8 Å². The molecule has 0 saturated carbocycles. The molecule has 0 aliphatic heterocycles. The predicted molar refractivity (Wildman–Crippen MR) is 97.9 cm³/mol. The first-order chi connectivity index (χ1) is 10.9. The van der Waals surface area contributed by atoms with E-state index in [1.54, 1.807) is 7.11 Å². The van der Waals surface area contributed by atoms with E-state index in [4.69, 9.17) is 17.0 Å². The summed E-state index contributed by atoms with van der Waals surface area (Å²) in [5.41, 5.74) is 1.79. The van der Waals surface area contributed by atoms with Gasteiger partial charge in [0.05, 0.1) is 6.61 Å². The van der Waals surface area contributed by atoms with Gasteiger partial charge in [-0.25, -0.2) is 9.97 Å². The molecule has 0 radical (unpaired) electrons. The van der Waals surface area contributed by atoms with Crippen LogP contribution in [0.4, 0.5) is 5.95 Å². The third-order valence-electron chi connectivity index (χ3n) is 2.65. The van der Waals surface area contributed by atoms with E-state index in [-0.39, 0.29) is 0 Å². The van der Waals surface area contributed by atoms with Crippen LogP contribution in [-0.4, -0.2) is 47.8 Å². The Bertz CT molecular complexity index is 527. The van der Waals surface area contributed by atoms with Gasteiger partial charge in [0, 0.05) is 31.6 Å². The smallest absolute Gasteiger partial charge is 0.229 e. The van der Waals surface area contributed by atoms with Crippen LogP contribution in [0.3, 0.4) is 0 Å². The summed E-state index contributed by atoms with van der Waals surface area (Å²) in [6, 6.07) is 1.92. The number of aliphatic imine (C=N–C) groups is 1. The highest BCUT2D eigenvalue weighted by Crippen LogP contribution is 2.03. The number of aryl methyl sites for hydroxylation is 2. The van der Waals surface area contributed by atoms with Gasteiger partial charge in [-0.3, -0.25) is 10.3 Å². The van der Waals surface area contributed by atoms with Gasteiger partial charge >= 0.3 is 0 Å². The van der Waals surface area contributed by atoms with Crippen molar-refractivity contribution in [2.24, 2.45) is 10.9 Å². The molecule has 0 aliphatic rings. The zero-order chi connectivity index (χ0) is 17.2. The van der Waals surface area contributed by atoms with Gasteiger partial charge in [0.15, 0.2) is 5.11 Å². The van der Waals surface area contributed by atoms with Crippen molar-refractivity contribution >= 4 is 29.2 Å². The van der Waals surface area contributed by atoms with E-state index in [1.165, 1.54) is 0 Å². The number of hydrogen-bond acceptors (Lipinski definition) is 5. The summed E-state index contributed by atoms with van der Waals surface area (Å²) in [5.74, 6) is 1.46. The minimum absolute atomic E-state index is 0.434. The lowest BCUT2D eigenvalue weighted by molar-refractivity contribution is 0.204. The highest BCUT2D eigenvalue weighted by molar-refractivity contribution is 7.80. The fourth-order valence-corrected chi connectivity index (χ4v) is 1.89. The molecule has 23 heavy (non-hydrogen) atoms. The lowest BCUT2D eigenvalue weighted by Gasteiger charge is -2.14. The Balaban J connectivity index is 2.75. The van der Waals surface area contributed by atoms with Crippen molar-refractivity contribution in [2.75, 3.05) is 32.1 Å². The molecule has 0 saturated heterocycles. The van der Waals surface area contributed by atoms with E-state index < -0.39 is 0 Å². The van der Waals surface area contributed by atoms with Gasteiger partial charge in [0.1, 0.15) is 0 Å². The number of thiocarbonyl (C=S) groups is 1. The largest absolute Gasteiger partial charge is 0.383 e. The minimum Gasteiger partial charge on any atom is -0.383 e. The van der Waals surface area contributed by atoms with Crippen LogP contribution in [0.1, 0.15) is 25.2 Å². The van der Waals surface area contributed by atoms with Gasteiger partial charge in [0.2, 0.25) is 11.9 Å². The van der Waals surface area contributed by atoms with Gasteiger partial charge in [-0.2, -0.15) is 0 Å². The minimum atomic E-state index is 0.434. The van der Waals surface area contributed by atoms with Crippen LogP contribution < -0.4 is 16.0 Å². The van der Waals surface area contributed by atoms with E-state index in [0.717, 1.165) is 11.4 Å². The molecule has 3 N–H and O–H groups in total. The molecule has 0 bridgehead atoms. The van der Waals surface area contributed by atoms with Crippen molar-refractivity contribution in [1.82, 2.24) is 20.6 Å². The molecule has 8 heteroatoms. The number of anilines is 1. The van der Waals surface area contributed by atoms with E-state index in [1.807, 2.05) is 19.9 Å². The van der Waals surface area contributed by atoms with Crippen LogP contribution in [0, 0.1) is 19.8 Å². The first-order valence-corrected chi connectivity index (χ1v) is 7.99. The molecule has 0 amide bonds. The Labute approximate surface area is 143 Å². The van der Waals surface area contributed by atoms with Gasteiger partial charge in [-0.1, -0.05) is 13.8 Å². The Morgan fingerprint density at radius 1 is 1.30 bits per heavy atom. The lowest BCUT2D eigenvalue weighted by atomic mass is 10.2. The molecule has 0 aromatic carbocycles. The van der Waals surface area contributed by atoms with E-state index in [0.29, 0.717) is 42.6 Å². The number of nitrogens with zero attached hydrogens (tertiary/aromatic N) is 3. The van der Waals surface area contributed by atoms with Crippen molar-refractivity contribution in [1.29, 1.82) is 0 Å². The fraction of sp³-hybridized carbons (Fsp3) is 0.600. The van der Waals surface area contributed by atoms with Crippen LogP contribution in [0.2, 0.25) is 0 Å². The topological polar surface area (TPSA) is 83.5 Å². The van der Waals surface area contributed by atoms with Gasteiger partial charge in [-0.15, -0.1) is 0 Å². The van der Waals surface area contributed by atoms with E-state index >= 15 is 0 Å². The molecule has 1 rings (SSSR count). The van der Waals surface area contributed by atoms with Crippen molar-refractivity contribution in [3.05, 3.63) is 17.5 Å². The molecule has 1 aromatic rings. The number of aromatic nitrogens is 2. The first kappa shape index (κ1) is 19.2. The number of methoxy groups -OCH3 is 1. The van der Waals surface area contributed by atoms with Crippen LogP contribution >= 0.6 is 12.2 Å². The number of rotatable bonds is 6. The van der Waals surface area contributed by atoms with Crippen molar-refractivity contribution in [2.45, 2.75) is 27.7 Å². The summed E-state index contributed by atoms with van der Waals surface area (Å²) >= 11 is 5.25. The van der Waals surface area contributed by atoms with E-state index in [9.17, 15) is 0 Å². The molecule has 0 atom stereocenters. The number of guanidine groups is 1. The average Bonchev–Trinajstić information content (AvgIpc) is 2.44. The van der Waals surface area contributed by atoms with Gasteiger partial charge in [0.25, 0.3) is 0 Å². The van der Waals surface area contributed by atoms with Crippen molar-refractivity contribution < 1.29 is 4.74 Å². The monoisotopic (exact) mass is 338 g/mol. The lowest BCUT2D eigenvalue weighted by Crippen LogP contribution is -2.44. The molecule has 1 aromatic heterocycles. The molecule has 1 heterocycles. The Hall–Kier alpha value is -1.80. The standard InChI is InChI=1S/C15H26N6OS/c1-10(2)9-17-13(21-15(23)16-6-7-22-5)20-14-18-11(3)8-12(4)19-14/h8,10H,6-7,9H2,1-5H3,(H3,16,17,18,19,20,21,23). The quantitative estimate of drug-likeness (QED) is 0.315. The highest BCUT2D eigenvalue weighted by Gasteiger charge is 2.07. The maximum absolute atomic E-state index is 5.25. The molecule has 0 fully saturated rings. The maximum Gasteiger partial charge on any atom is 0.229 e. The van der Waals surface area contributed by atoms with Crippen LogP contribution in [0.15, 0.2) is 11.1 Å². The van der Waals surface area contributed by atoms with Crippen LogP contribution in [0.25, 0.3) is 0 Å². The average molecular weight is 338 g/mol. The number of ether oxygens (including phenoxy) is 1. The second kappa shape index (κ2) is 10.1. The molecule has 0 aliphatic carbocycles. The van der Waals surface area contributed by atoms with Gasteiger partial charge < -0.3 is 15.4 Å². The SMILES string of the molecule is COCCNC(=S)NC(=NCC(C)C)Nc1nc(C)cc(C)n1. The van der Waals surface area contributed by atoms with Crippen molar-refractivity contribution in [3.8, 4) is 0 Å². The Kier molecular flexibility index (Phi) is 8.42. The fourth-order valence-electron chi connectivity index (χ4n) is 1.69. The summed E-state index contributed by atoms with van der Waals surface area (Å²) in [6.45, 7) is 9.92. The molecular weight excluding hydrogens is 312 g/mol. The summed E-state index contributed by atoms with van der Waals surface area (Å²) < 4.78 is 4.98. The summed E-state index contributed by atoms with van der Waals surface area (Å²) in [6.07, 6.45) is 0. The number of hydrogen-bond donors (Lipinski definition) is 3. The van der Waals surface area contributed by atoms with Crippen LogP contribution in [-0.2, 0) is 4.74 Å². The summed E-state index contributed by atoms with van der Waals surface area (Å²) in [4.78, 5) is 13.2. The molecule has 128 valence electrons. The summed E-state index contributed by atoms with van der Waals surface area (Å²) in [7, 11) is 1.65. The molecule has 7 nitrogen and oxygen atoms in total. The van der Waals surface area contributed by atoms with Crippen molar-refractivity contribution in [3.63, 3.8) is 0 Å². The van der Waals surface area contributed by atoms with Gasteiger partial charge in [-0.05, 0) is 38.0 Å². The third kappa shape index (κ3) is 8.41. The Morgan fingerprint density at radius 2 is 1.96 bits per heavy atom. The van der Waals surface area contributed by atoms with Crippen LogP contribution in [0.5, 0.6) is 0 Å². The molecule has 0 spiro atoms. The maximum atomic E-state index is 5.25. The highest BCUT2D eigenvalue weighted by atomic mass is 32.1. The zero-order valence-electron chi connectivity index (χ0n) is 14.4. The Morgan fingerprint density at radius 3 is 2.52 bits per heavy atom. The normalized spacial score (nSPS) is 11.5. The molecule has 0 unspecified atom stereocenters. The second-order valence-corrected chi connectivity index (χ2v) is 5.96. The first-order valence-electron chi connectivity index (χ1n) is 7.58. The second-order valence-electron chi connectivity index (χ2n) is 5.56. The molecular formula is C15H26N6OS. The summed E-state index contributed by atoms with van der Waals surface area (Å²) in [5, 5.41) is 9.66. The zero-order valence-corrected chi connectivity index (χ0v) is 15.3. The third-order valence-corrected chi connectivity index (χ3v) is 2.90. The number of nitrogens with one attached hydrogen (secondary N) is 3.